The second kappa shape index (κ2) is 17.0. The highest BCUT2D eigenvalue weighted by molar-refractivity contribution is 5.92. The lowest BCUT2D eigenvalue weighted by atomic mass is 9.98. The molecule has 0 aliphatic rings. The molecule has 1 aromatic rings. The highest BCUT2D eigenvalue weighted by Crippen LogP contribution is 2.26. The first kappa shape index (κ1) is 35.9. The van der Waals surface area contributed by atoms with Crippen molar-refractivity contribution in [2.24, 2.45) is 5.73 Å². The topological polar surface area (TPSA) is 131 Å². The number of aryl methyl sites for hydroxylation is 1. The summed E-state index contributed by atoms with van der Waals surface area (Å²) < 4.78 is 5.41. The fraction of sp³-hybridized carbons (Fsp3) is 0.688. The van der Waals surface area contributed by atoms with Crippen LogP contribution in [0.15, 0.2) is 24.3 Å². The molecule has 0 aliphatic heterocycles. The number of hydrogen-bond donors (Lipinski definition) is 3. The minimum absolute atomic E-state index is 0.0111. The van der Waals surface area contributed by atoms with Gasteiger partial charge in [-0.05, 0) is 71.9 Å². The molecule has 1 aromatic carbocycles. The number of hydrogen-bond acceptors (Lipinski definition) is 5. The molecule has 0 radical (unpaired) electrons. The number of ether oxygens (including phenoxy) is 1. The Balaban J connectivity index is 3.52. The molecule has 0 bridgehead atoms. The van der Waals surface area contributed by atoms with Gasteiger partial charge in [-0.2, -0.15) is 0 Å². The highest BCUT2D eigenvalue weighted by atomic mass is 16.6. The van der Waals surface area contributed by atoms with Crippen LogP contribution in [-0.2, 0) is 25.5 Å². The highest BCUT2D eigenvalue weighted by Gasteiger charge is 2.37. The summed E-state index contributed by atoms with van der Waals surface area (Å²) in [5.41, 5.74) is 5.89. The average Bonchev–Trinajstić information content (AvgIpc) is 2.85. The van der Waals surface area contributed by atoms with E-state index in [0.29, 0.717) is 18.5 Å². The van der Waals surface area contributed by atoms with E-state index in [1.165, 1.54) is 0 Å². The first-order valence-corrected chi connectivity index (χ1v) is 15.1. The average molecular weight is 575 g/mol. The Kier molecular flexibility index (Phi) is 14.9. The van der Waals surface area contributed by atoms with Crippen molar-refractivity contribution in [1.82, 2.24) is 15.5 Å². The number of benzene rings is 1. The molecule has 0 spiro atoms. The Hall–Kier alpha value is -3.10. The first-order valence-electron chi connectivity index (χ1n) is 15.1. The summed E-state index contributed by atoms with van der Waals surface area (Å²) in [7, 11) is 0. The van der Waals surface area contributed by atoms with Gasteiger partial charge in [-0.15, -0.1) is 0 Å². The van der Waals surface area contributed by atoms with Crippen LogP contribution in [0.3, 0.4) is 0 Å². The second-order valence-corrected chi connectivity index (χ2v) is 12.7. The SMILES string of the molecule is CCCCCCCCN(C(=O)C(CCC(N)=O)NC(=O)OC(C)(C)C)C(C(=O)NC(C)(C)C)c1ccc(CC)cc1. The summed E-state index contributed by atoms with van der Waals surface area (Å²) in [6.07, 6.45) is 5.96. The van der Waals surface area contributed by atoms with E-state index in [2.05, 4.69) is 24.5 Å². The van der Waals surface area contributed by atoms with Crippen LogP contribution in [0.5, 0.6) is 0 Å². The van der Waals surface area contributed by atoms with Crippen LogP contribution < -0.4 is 16.4 Å². The van der Waals surface area contributed by atoms with Crippen LogP contribution >= 0.6 is 0 Å². The number of carbonyl (C=O) groups is 4. The van der Waals surface area contributed by atoms with Gasteiger partial charge < -0.3 is 26.0 Å². The van der Waals surface area contributed by atoms with Gasteiger partial charge in [-0.3, -0.25) is 14.4 Å². The van der Waals surface area contributed by atoms with Crippen LogP contribution in [0, 0.1) is 0 Å². The van der Waals surface area contributed by atoms with Crippen molar-refractivity contribution in [3.05, 3.63) is 35.4 Å². The Labute approximate surface area is 247 Å². The molecule has 9 heteroatoms. The Morgan fingerprint density at radius 3 is 2.00 bits per heavy atom. The maximum atomic E-state index is 14.3. The van der Waals surface area contributed by atoms with Gasteiger partial charge in [0.05, 0.1) is 0 Å². The number of primary amides is 1. The van der Waals surface area contributed by atoms with Crippen molar-refractivity contribution in [3.8, 4) is 0 Å². The van der Waals surface area contributed by atoms with Crippen LogP contribution in [-0.4, -0.2) is 52.4 Å². The third kappa shape index (κ3) is 14.4. The smallest absolute Gasteiger partial charge is 0.408 e. The number of nitrogens with two attached hydrogens (primary N) is 1. The van der Waals surface area contributed by atoms with Crippen molar-refractivity contribution in [2.45, 2.75) is 136 Å². The number of alkyl carbamates (subject to hydrolysis) is 1. The molecule has 2 unspecified atom stereocenters. The van der Waals surface area contributed by atoms with Gasteiger partial charge in [-0.25, -0.2) is 4.79 Å². The van der Waals surface area contributed by atoms with Gasteiger partial charge in [0, 0.05) is 18.5 Å². The zero-order valence-electron chi connectivity index (χ0n) is 26.6. The third-order valence-electron chi connectivity index (χ3n) is 6.47. The Morgan fingerprint density at radius 2 is 1.49 bits per heavy atom. The third-order valence-corrected chi connectivity index (χ3v) is 6.47. The number of nitrogens with zero attached hydrogens (tertiary/aromatic N) is 1. The largest absolute Gasteiger partial charge is 0.444 e. The minimum atomic E-state index is -1.10. The lowest BCUT2D eigenvalue weighted by molar-refractivity contribution is -0.143. The van der Waals surface area contributed by atoms with Crippen molar-refractivity contribution in [1.29, 1.82) is 0 Å². The van der Waals surface area contributed by atoms with E-state index in [9.17, 15) is 19.2 Å². The molecule has 0 saturated carbocycles. The fourth-order valence-corrected chi connectivity index (χ4v) is 4.47. The lowest BCUT2D eigenvalue weighted by Gasteiger charge is -2.36. The summed E-state index contributed by atoms with van der Waals surface area (Å²) in [6, 6.07) is 5.66. The standard InChI is InChI=1S/C32H54N4O5/c1-9-11-12-13-14-15-22-36(29(39)25(20-21-26(33)37)34-30(40)41-32(6,7)8)27(28(38)35-31(3,4)5)24-18-16-23(10-2)17-19-24/h16-19,25,27H,9-15,20-22H2,1-8H3,(H2,33,37)(H,34,40)(H,35,38). The Morgan fingerprint density at radius 1 is 0.902 bits per heavy atom. The number of carbonyl (C=O) groups excluding carboxylic acids is 4. The predicted molar refractivity (Wildman–Crippen MR) is 163 cm³/mol. The number of unbranched alkanes of at least 4 members (excludes halogenated alkanes) is 5. The molecule has 4 N–H and O–H groups in total. The molecule has 2 atom stereocenters. The van der Waals surface area contributed by atoms with Crippen molar-refractivity contribution in [2.75, 3.05) is 6.54 Å². The second-order valence-electron chi connectivity index (χ2n) is 12.7. The van der Waals surface area contributed by atoms with E-state index < -0.39 is 41.1 Å². The van der Waals surface area contributed by atoms with Crippen LogP contribution in [0.2, 0.25) is 0 Å². The zero-order chi connectivity index (χ0) is 31.2. The summed E-state index contributed by atoms with van der Waals surface area (Å²) in [4.78, 5) is 54.1. The van der Waals surface area contributed by atoms with Crippen molar-refractivity contribution >= 4 is 23.8 Å². The predicted octanol–water partition coefficient (Wildman–Crippen LogP) is 5.55. The molecule has 41 heavy (non-hydrogen) atoms. The molecular weight excluding hydrogens is 520 g/mol. The normalized spacial score (nSPS) is 13.2. The van der Waals surface area contributed by atoms with Gasteiger partial charge in [-0.1, -0.05) is 70.2 Å². The van der Waals surface area contributed by atoms with Crippen molar-refractivity contribution in [3.63, 3.8) is 0 Å². The first-order chi connectivity index (χ1) is 19.1. The molecule has 1 rings (SSSR count). The van der Waals surface area contributed by atoms with Crippen molar-refractivity contribution < 1.29 is 23.9 Å². The molecule has 0 heterocycles. The van der Waals surface area contributed by atoms with Gasteiger partial charge in [0.25, 0.3) is 0 Å². The summed E-state index contributed by atoms with van der Waals surface area (Å²) in [6.45, 7) is 15.4. The van der Waals surface area contributed by atoms with E-state index >= 15 is 0 Å². The van der Waals surface area contributed by atoms with Crippen LogP contribution in [0.25, 0.3) is 0 Å². The molecule has 0 saturated heterocycles. The number of nitrogens with one attached hydrogen (secondary N) is 2. The van der Waals surface area contributed by atoms with Gasteiger partial charge in [0.15, 0.2) is 0 Å². The summed E-state index contributed by atoms with van der Waals surface area (Å²) >= 11 is 0. The fourth-order valence-electron chi connectivity index (χ4n) is 4.47. The molecular formula is C32H54N4O5. The molecule has 0 aromatic heterocycles. The monoisotopic (exact) mass is 574 g/mol. The van der Waals surface area contributed by atoms with Crippen LogP contribution in [0.1, 0.15) is 124 Å². The van der Waals surface area contributed by atoms with E-state index in [4.69, 9.17) is 10.5 Å². The minimum Gasteiger partial charge on any atom is -0.444 e. The maximum Gasteiger partial charge on any atom is 0.408 e. The van der Waals surface area contributed by atoms with Gasteiger partial charge >= 0.3 is 6.09 Å². The zero-order valence-corrected chi connectivity index (χ0v) is 26.6. The molecule has 232 valence electrons. The summed E-state index contributed by atoms with van der Waals surface area (Å²) in [5, 5.41) is 5.69. The maximum absolute atomic E-state index is 14.3. The molecule has 0 aliphatic carbocycles. The van der Waals surface area contributed by atoms with E-state index in [1.54, 1.807) is 25.7 Å². The molecule has 0 fully saturated rings. The Bertz CT molecular complexity index is 979. The van der Waals surface area contributed by atoms with E-state index in [0.717, 1.165) is 44.1 Å². The van der Waals surface area contributed by atoms with E-state index in [1.807, 2.05) is 45.0 Å². The quantitative estimate of drug-likeness (QED) is 0.223. The van der Waals surface area contributed by atoms with E-state index in [-0.39, 0.29) is 18.7 Å². The molecule has 9 nitrogen and oxygen atoms in total. The van der Waals surface area contributed by atoms with Gasteiger partial charge in [0.2, 0.25) is 17.7 Å². The van der Waals surface area contributed by atoms with Crippen LogP contribution in [0.4, 0.5) is 4.79 Å². The lowest BCUT2D eigenvalue weighted by Crippen LogP contribution is -2.55. The number of amides is 4. The van der Waals surface area contributed by atoms with Gasteiger partial charge in [0.1, 0.15) is 17.7 Å². The summed E-state index contributed by atoms with van der Waals surface area (Å²) in [5.74, 6) is -1.36. The number of rotatable bonds is 16. The molecule has 4 amide bonds.